The van der Waals surface area contributed by atoms with E-state index in [1.165, 1.54) is 45.4 Å². The molecule has 0 aromatic rings. The highest BCUT2D eigenvalue weighted by molar-refractivity contribution is 5.75. The van der Waals surface area contributed by atoms with Gasteiger partial charge in [-0.3, -0.25) is 4.79 Å². The first kappa shape index (κ1) is 17.9. The molecular formula is C15H27O4-. The molecule has 0 heterocycles. The molecule has 0 bridgehead atoms. The third-order valence-electron chi connectivity index (χ3n) is 3.14. The Morgan fingerprint density at radius 2 is 1.42 bits per heavy atom. The van der Waals surface area contributed by atoms with Crippen LogP contribution in [0.3, 0.4) is 0 Å². The summed E-state index contributed by atoms with van der Waals surface area (Å²) >= 11 is 0. The number of hydrogen-bond acceptors (Lipinski definition) is 4. The quantitative estimate of drug-likeness (QED) is 0.404. The second kappa shape index (κ2) is 12.0. The molecule has 0 amide bonds. The average molecular weight is 271 g/mol. The average Bonchev–Trinajstić information content (AvgIpc) is 2.34. The van der Waals surface area contributed by atoms with Crippen molar-refractivity contribution in [2.75, 3.05) is 0 Å². The molecule has 0 N–H and O–H groups in total. The minimum Gasteiger partial charge on any atom is -0.546 e. The SMILES string of the molecule is CCCCCCCCCCCC(OC(C)=O)C(=O)[O-]. The first-order valence-electron chi connectivity index (χ1n) is 7.46. The molecule has 112 valence electrons. The highest BCUT2D eigenvalue weighted by Crippen LogP contribution is 2.12. The van der Waals surface area contributed by atoms with Crippen LogP contribution in [0.1, 0.15) is 78.1 Å². The Hall–Kier alpha value is -1.06. The van der Waals surface area contributed by atoms with E-state index < -0.39 is 18.0 Å². The Kier molecular flexibility index (Phi) is 11.3. The van der Waals surface area contributed by atoms with Gasteiger partial charge in [-0.05, 0) is 12.8 Å². The van der Waals surface area contributed by atoms with Crippen molar-refractivity contribution in [2.45, 2.75) is 84.2 Å². The van der Waals surface area contributed by atoms with Crippen LogP contribution in [0, 0.1) is 0 Å². The summed E-state index contributed by atoms with van der Waals surface area (Å²) in [6.45, 7) is 3.42. The highest BCUT2D eigenvalue weighted by Gasteiger charge is 2.12. The van der Waals surface area contributed by atoms with Crippen LogP contribution >= 0.6 is 0 Å². The summed E-state index contributed by atoms with van der Waals surface area (Å²) in [5, 5.41) is 10.7. The fraction of sp³-hybridized carbons (Fsp3) is 0.867. The summed E-state index contributed by atoms with van der Waals surface area (Å²) in [6.07, 6.45) is 9.79. The van der Waals surface area contributed by atoms with Gasteiger partial charge in [-0.25, -0.2) is 0 Å². The zero-order valence-electron chi connectivity index (χ0n) is 12.3. The van der Waals surface area contributed by atoms with Crippen LogP contribution < -0.4 is 5.11 Å². The lowest BCUT2D eigenvalue weighted by molar-refractivity contribution is -0.315. The van der Waals surface area contributed by atoms with E-state index in [0.29, 0.717) is 6.42 Å². The maximum atomic E-state index is 10.7. The van der Waals surface area contributed by atoms with Gasteiger partial charge in [0, 0.05) is 6.92 Å². The van der Waals surface area contributed by atoms with Gasteiger partial charge in [-0.1, -0.05) is 58.3 Å². The molecule has 19 heavy (non-hydrogen) atoms. The molecule has 0 saturated heterocycles. The molecule has 0 aromatic heterocycles. The largest absolute Gasteiger partial charge is 0.546 e. The van der Waals surface area contributed by atoms with Crippen molar-refractivity contribution >= 4 is 11.9 Å². The van der Waals surface area contributed by atoms with Gasteiger partial charge < -0.3 is 14.6 Å². The second-order valence-corrected chi connectivity index (χ2v) is 5.03. The summed E-state index contributed by atoms with van der Waals surface area (Å²) in [4.78, 5) is 21.4. The number of hydrogen-bond donors (Lipinski definition) is 0. The van der Waals surface area contributed by atoms with Crippen LogP contribution in [0.2, 0.25) is 0 Å². The van der Waals surface area contributed by atoms with Crippen molar-refractivity contribution in [3.05, 3.63) is 0 Å². The third-order valence-corrected chi connectivity index (χ3v) is 3.14. The van der Waals surface area contributed by atoms with Gasteiger partial charge >= 0.3 is 5.97 Å². The van der Waals surface area contributed by atoms with Crippen LogP contribution in [-0.4, -0.2) is 18.0 Å². The Bertz CT molecular complexity index is 251. The fourth-order valence-corrected chi connectivity index (χ4v) is 2.07. The normalized spacial score (nSPS) is 12.1. The number of carbonyl (C=O) groups excluding carboxylic acids is 2. The second-order valence-electron chi connectivity index (χ2n) is 5.03. The van der Waals surface area contributed by atoms with Crippen LogP contribution in [0.15, 0.2) is 0 Å². The van der Waals surface area contributed by atoms with Crippen LogP contribution in [0.4, 0.5) is 0 Å². The van der Waals surface area contributed by atoms with E-state index in [1.54, 1.807) is 0 Å². The summed E-state index contributed by atoms with van der Waals surface area (Å²) in [5.74, 6) is -1.86. The highest BCUT2D eigenvalue weighted by atomic mass is 16.6. The molecule has 0 aromatic carbocycles. The van der Waals surface area contributed by atoms with Crippen LogP contribution in [-0.2, 0) is 14.3 Å². The lowest BCUT2D eigenvalue weighted by Crippen LogP contribution is -2.38. The maximum absolute atomic E-state index is 10.7. The standard InChI is InChI=1S/C15H28O4/c1-3-4-5-6-7-8-9-10-11-12-14(15(17)18)19-13(2)16/h14H,3-12H2,1-2H3,(H,17,18)/p-1. The number of carboxylic acids is 1. The van der Waals surface area contributed by atoms with Gasteiger partial charge in [0.25, 0.3) is 0 Å². The zero-order chi connectivity index (χ0) is 14.5. The zero-order valence-corrected chi connectivity index (χ0v) is 12.3. The summed E-state index contributed by atoms with van der Waals surface area (Å²) in [7, 11) is 0. The van der Waals surface area contributed by atoms with Crippen molar-refractivity contribution in [1.82, 2.24) is 0 Å². The Labute approximate surface area is 116 Å². The van der Waals surface area contributed by atoms with E-state index in [-0.39, 0.29) is 0 Å². The topological polar surface area (TPSA) is 66.4 Å². The lowest BCUT2D eigenvalue weighted by Gasteiger charge is -2.17. The van der Waals surface area contributed by atoms with Crippen LogP contribution in [0.25, 0.3) is 0 Å². The molecule has 0 fully saturated rings. The van der Waals surface area contributed by atoms with Crippen molar-refractivity contribution < 1.29 is 19.4 Å². The number of carbonyl (C=O) groups is 2. The predicted octanol–water partition coefficient (Wildman–Crippen LogP) is 2.59. The number of rotatable bonds is 12. The molecule has 0 aliphatic heterocycles. The van der Waals surface area contributed by atoms with E-state index in [1.807, 2.05) is 0 Å². The molecule has 0 saturated carbocycles. The van der Waals surface area contributed by atoms with Crippen molar-refractivity contribution in [3.63, 3.8) is 0 Å². The lowest BCUT2D eigenvalue weighted by atomic mass is 10.1. The van der Waals surface area contributed by atoms with Gasteiger partial charge in [0.2, 0.25) is 0 Å². The van der Waals surface area contributed by atoms with E-state index >= 15 is 0 Å². The van der Waals surface area contributed by atoms with Crippen molar-refractivity contribution in [3.8, 4) is 0 Å². The van der Waals surface area contributed by atoms with Crippen molar-refractivity contribution in [1.29, 1.82) is 0 Å². The number of carboxylic acid groups (broad SMARTS) is 1. The minimum absolute atomic E-state index is 0.359. The Morgan fingerprint density at radius 1 is 0.947 bits per heavy atom. The van der Waals surface area contributed by atoms with Gasteiger partial charge in [-0.2, -0.15) is 0 Å². The smallest absolute Gasteiger partial charge is 0.303 e. The Balaban J connectivity index is 3.45. The maximum Gasteiger partial charge on any atom is 0.303 e. The molecule has 0 spiro atoms. The van der Waals surface area contributed by atoms with E-state index in [0.717, 1.165) is 19.3 Å². The Morgan fingerprint density at radius 3 is 1.84 bits per heavy atom. The molecule has 4 nitrogen and oxygen atoms in total. The minimum atomic E-state index is -1.30. The van der Waals surface area contributed by atoms with E-state index in [9.17, 15) is 14.7 Å². The number of ether oxygens (including phenoxy) is 1. The monoisotopic (exact) mass is 271 g/mol. The molecule has 0 aliphatic carbocycles. The van der Waals surface area contributed by atoms with E-state index in [4.69, 9.17) is 0 Å². The van der Waals surface area contributed by atoms with Gasteiger partial charge in [-0.15, -0.1) is 0 Å². The molecule has 0 aliphatic rings. The number of unbranched alkanes of at least 4 members (excludes halogenated alkanes) is 8. The first-order chi connectivity index (χ1) is 9.07. The van der Waals surface area contributed by atoms with E-state index in [2.05, 4.69) is 11.7 Å². The molecule has 0 rings (SSSR count). The summed E-state index contributed by atoms with van der Waals surface area (Å²) < 4.78 is 4.68. The molecule has 1 unspecified atom stereocenters. The van der Waals surface area contributed by atoms with Gasteiger partial charge in [0.1, 0.15) is 6.10 Å². The van der Waals surface area contributed by atoms with Crippen molar-refractivity contribution in [2.24, 2.45) is 0 Å². The molecule has 1 atom stereocenters. The number of aliphatic carboxylic acids is 1. The molecule has 4 heteroatoms. The van der Waals surface area contributed by atoms with Gasteiger partial charge in [0.15, 0.2) is 0 Å². The summed E-state index contributed by atoms with van der Waals surface area (Å²) in [5.41, 5.74) is 0. The fourth-order valence-electron chi connectivity index (χ4n) is 2.07. The third kappa shape index (κ3) is 11.7. The first-order valence-corrected chi connectivity index (χ1v) is 7.46. The summed E-state index contributed by atoms with van der Waals surface area (Å²) in [6, 6.07) is 0. The molecular weight excluding hydrogens is 244 g/mol. The predicted molar refractivity (Wildman–Crippen MR) is 72.4 cm³/mol. The van der Waals surface area contributed by atoms with Gasteiger partial charge in [0.05, 0.1) is 5.97 Å². The van der Waals surface area contributed by atoms with Crippen LogP contribution in [0.5, 0.6) is 0 Å². The number of esters is 1. The molecule has 0 radical (unpaired) electrons.